The van der Waals surface area contributed by atoms with Gasteiger partial charge in [0.25, 0.3) is 0 Å². The summed E-state index contributed by atoms with van der Waals surface area (Å²) in [4.78, 5) is 48.9. The fourth-order valence-electron chi connectivity index (χ4n) is 5.05. The third-order valence-electron chi connectivity index (χ3n) is 7.23. The highest BCUT2D eigenvalue weighted by Crippen LogP contribution is 2.38. The van der Waals surface area contributed by atoms with Gasteiger partial charge < -0.3 is 25.0 Å². The summed E-state index contributed by atoms with van der Waals surface area (Å²) in [7, 11) is 0. The van der Waals surface area contributed by atoms with E-state index >= 15 is 0 Å². The number of rotatable bonds is 8. The summed E-state index contributed by atoms with van der Waals surface area (Å²) < 4.78 is 49.3. The minimum absolute atomic E-state index is 0.106. The third kappa shape index (κ3) is 7.05. The van der Waals surface area contributed by atoms with E-state index in [4.69, 9.17) is 9.84 Å². The number of aromatic nitrogens is 4. The smallest absolute Gasteiger partial charge is 0.417 e. The monoisotopic (exact) mass is 617 g/mol. The van der Waals surface area contributed by atoms with Crippen molar-refractivity contribution >= 4 is 35.1 Å². The van der Waals surface area contributed by atoms with Gasteiger partial charge in [-0.15, -0.1) is 5.10 Å². The summed E-state index contributed by atoms with van der Waals surface area (Å²) in [6, 6.07) is 2.50. The normalized spacial score (nSPS) is 16.2. The first-order chi connectivity index (χ1) is 21.0. The number of fused-ring (bicyclic) bond motifs is 1. The molecule has 2 aliphatic rings. The Morgan fingerprint density at radius 1 is 1.09 bits per heavy atom. The van der Waals surface area contributed by atoms with Crippen molar-refractivity contribution in [3.05, 3.63) is 48.3 Å². The van der Waals surface area contributed by atoms with E-state index in [1.165, 1.54) is 4.52 Å². The number of nitrogens with one attached hydrogen (secondary N) is 2. The zero-order chi connectivity index (χ0) is 31.4. The van der Waals surface area contributed by atoms with E-state index in [0.717, 1.165) is 17.8 Å². The van der Waals surface area contributed by atoms with Crippen molar-refractivity contribution in [2.24, 2.45) is 0 Å². The molecule has 0 bridgehead atoms. The highest BCUT2D eigenvalue weighted by molar-refractivity contribution is 5.90. The molecule has 0 atom stereocenters. The Morgan fingerprint density at radius 3 is 2.48 bits per heavy atom. The second-order valence-corrected chi connectivity index (χ2v) is 10.2. The van der Waals surface area contributed by atoms with Crippen molar-refractivity contribution in [2.45, 2.75) is 12.7 Å². The standard InChI is InChI=1S/C27H30F3N9O5/c1-2-22(40)32-14-23(41)37-5-3-36(4-6-37)15-17-11-20-25(38-7-9-44-10-8-38)34-24(35-39(20)16-17)18-13-31-21(33-26(42)43)12-19(18)27(28,29)30/h2,11-13,16H,1,3-10,14-15H2,(H,31,33)(H,32,40)(H,42,43). The number of carbonyl (C=O) groups is 3. The molecule has 2 fully saturated rings. The molecule has 44 heavy (non-hydrogen) atoms. The molecule has 3 aromatic heterocycles. The SMILES string of the molecule is C=CC(=O)NCC(=O)N1CCN(Cc2cc3c(N4CCOCC4)nc(-c4cnc(NC(=O)O)cc4C(F)(F)F)nn3c2)CC1. The topological polar surface area (TPSA) is 158 Å². The second kappa shape index (κ2) is 12.8. The van der Waals surface area contributed by atoms with Gasteiger partial charge in [0.05, 0.1) is 30.9 Å². The van der Waals surface area contributed by atoms with Crippen molar-refractivity contribution < 1.29 is 37.4 Å². The summed E-state index contributed by atoms with van der Waals surface area (Å²) in [6.45, 7) is 7.65. The molecule has 3 N–H and O–H groups in total. The fourth-order valence-corrected chi connectivity index (χ4v) is 5.05. The molecule has 0 saturated carbocycles. The molecule has 0 spiro atoms. The minimum atomic E-state index is -4.84. The van der Waals surface area contributed by atoms with Gasteiger partial charge >= 0.3 is 12.3 Å². The average Bonchev–Trinajstić information content (AvgIpc) is 3.41. The molecule has 2 saturated heterocycles. The van der Waals surface area contributed by atoms with E-state index in [9.17, 15) is 27.6 Å². The first kappa shape index (κ1) is 30.7. The number of hydrogen-bond donors (Lipinski definition) is 3. The Bertz CT molecular complexity index is 1560. The predicted molar refractivity (Wildman–Crippen MR) is 151 cm³/mol. The lowest BCUT2D eigenvalue weighted by Crippen LogP contribution is -2.50. The maximum atomic E-state index is 14.1. The maximum Gasteiger partial charge on any atom is 0.417 e. The van der Waals surface area contributed by atoms with Crippen molar-refractivity contribution in [1.29, 1.82) is 0 Å². The Hall–Kier alpha value is -4.77. The van der Waals surface area contributed by atoms with Crippen LogP contribution in [0.2, 0.25) is 0 Å². The van der Waals surface area contributed by atoms with Crippen LogP contribution >= 0.6 is 0 Å². The lowest BCUT2D eigenvalue weighted by Gasteiger charge is -2.34. The van der Waals surface area contributed by atoms with Crippen LogP contribution in [0.4, 0.5) is 29.6 Å². The van der Waals surface area contributed by atoms with Gasteiger partial charge in [-0.3, -0.25) is 19.8 Å². The van der Waals surface area contributed by atoms with Crippen LogP contribution < -0.4 is 15.5 Å². The van der Waals surface area contributed by atoms with Crippen LogP contribution in [-0.2, 0) is 27.0 Å². The minimum Gasteiger partial charge on any atom is -0.465 e. The molecule has 0 aromatic carbocycles. The van der Waals surface area contributed by atoms with Gasteiger partial charge in [-0.05, 0) is 23.8 Å². The van der Waals surface area contributed by atoms with Crippen molar-refractivity contribution in [3.63, 3.8) is 0 Å². The van der Waals surface area contributed by atoms with Crippen LogP contribution in [0.5, 0.6) is 0 Å². The van der Waals surface area contributed by atoms with Crippen LogP contribution in [0.25, 0.3) is 16.9 Å². The number of nitrogens with zero attached hydrogens (tertiary/aromatic N) is 7. The molecule has 17 heteroatoms. The molecule has 3 amide bonds. The van der Waals surface area contributed by atoms with Gasteiger partial charge in [-0.1, -0.05) is 6.58 Å². The van der Waals surface area contributed by atoms with E-state index in [1.54, 1.807) is 11.1 Å². The summed E-state index contributed by atoms with van der Waals surface area (Å²) in [5, 5.41) is 17.7. The van der Waals surface area contributed by atoms with Crippen molar-refractivity contribution in [1.82, 2.24) is 34.7 Å². The van der Waals surface area contributed by atoms with E-state index in [2.05, 4.69) is 31.9 Å². The zero-order valence-corrected chi connectivity index (χ0v) is 23.5. The number of ether oxygens (including phenoxy) is 1. The molecule has 5 rings (SSSR count). The number of halogens is 3. The highest BCUT2D eigenvalue weighted by atomic mass is 19.4. The Morgan fingerprint density at radius 2 is 1.82 bits per heavy atom. The number of carbonyl (C=O) groups excluding carboxylic acids is 2. The van der Waals surface area contributed by atoms with Crippen molar-refractivity contribution in [3.8, 4) is 11.4 Å². The van der Waals surface area contributed by atoms with E-state index in [0.29, 0.717) is 76.4 Å². The molecular weight excluding hydrogens is 587 g/mol. The van der Waals surface area contributed by atoms with E-state index < -0.39 is 35.1 Å². The molecule has 5 heterocycles. The van der Waals surface area contributed by atoms with Crippen LogP contribution in [0.3, 0.4) is 0 Å². The quantitative estimate of drug-likeness (QED) is 0.318. The number of pyridine rings is 1. The largest absolute Gasteiger partial charge is 0.465 e. The Labute approximate surface area is 249 Å². The Kier molecular flexibility index (Phi) is 8.96. The Balaban J connectivity index is 1.42. The number of anilines is 2. The third-order valence-corrected chi connectivity index (χ3v) is 7.23. The summed E-state index contributed by atoms with van der Waals surface area (Å²) in [5.74, 6) is -0.874. The number of piperazine rings is 1. The van der Waals surface area contributed by atoms with Crippen LogP contribution in [-0.4, -0.2) is 111 Å². The van der Waals surface area contributed by atoms with Gasteiger partial charge in [-0.2, -0.15) is 13.2 Å². The van der Waals surface area contributed by atoms with Crippen LogP contribution in [0.15, 0.2) is 37.2 Å². The number of hydrogen-bond acceptors (Lipinski definition) is 9. The van der Waals surface area contributed by atoms with Gasteiger partial charge in [0, 0.05) is 58.2 Å². The zero-order valence-electron chi connectivity index (χ0n) is 23.5. The van der Waals surface area contributed by atoms with Gasteiger partial charge in [-0.25, -0.2) is 19.3 Å². The van der Waals surface area contributed by atoms with Crippen molar-refractivity contribution in [2.75, 3.05) is 69.2 Å². The molecule has 2 aliphatic heterocycles. The first-order valence-corrected chi connectivity index (χ1v) is 13.7. The van der Waals surface area contributed by atoms with Crippen LogP contribution in [0, 0.1) is 0 Å². The molecule has 0 aliphatic carbocycles. The highest BCUT2D eigenvalue weighted by Gasteiger charge is 2.36. The summed E-state index contributed by atoms with van der Waals surface area (Å²) in [5.41, 5.74) is -0.0835. The fraction of sp³-hybridized carbons (Fsp3) is 0.407. The van der Waals surface area contributed by atoms with Gasteiger partial charge in [0.2, 0.25) is 11.8 Å². The number of alkyl halides is 3. The molecule has 234 valence electrons. The van der Waals surface area contributed by atoms with E-state index in [-0.39, 0.29) is 18.3 Å². The summed E-state index contributed by atoms with van der Waals surface area (Å²) >= 11 is 0. The molecule has 3 aromatic rings. The lowest BCUT2D eigenvalue weighted by molar-refractivity contribution is -0.137. The molecular formula is C27H30F3N9O5. The predicted octanol–water partition coefficient (Wildman–Crippen LogP) is 1.68. The number of morpholine rings is 1. The number of carboxylic acid groups (broad SMARTS) is 1. The number of amides is 3. The van der Waals surface area contributed by atoms with Gasteiger partial charge in [0.1, 0.15) is 11.3 Å². The summed E-state index contributed by atoms with van der Waals surface area (Å²) in [6.07, 6.45) is -2.64. The average molecular weight is 618 g/mol. The van der Waals surface area contributed by atoms with E-state index in [1.807, 2.05) is 16.3 Å². The maximum absolute atomic E-state index is 14.1. The first-order valence-electron chi connectivity index (χ1n) is 13.7. The molecule has 0 unspecified atom stereocenters. The molecule has 14 nitrogen and oxygen atoms in total. The van der Waals surface area contributed by atoms with Crippen LogP contribution in [0.1, 0.15) is 11.1 Å². The molecule has 0 radical (unpaired) electrons. The van der Waals surface area contributed by atoms with Gasteiger partial charge in [0.15, 0.2) is 11.6 Å². The second-order valence-electron chi connectivity index (χ2n) is 10.2. The lowest BCUT2D eigenvalue weighted by atomic mass is 10.1.